The van der Waals surface area contributed by atoms with Gasteiger partial charge in [-0.05, 0) is 68.1 Å². The highest BCUT2D eigenvalue weighted by Gasteiger charge is 2.30. The Hall–Kier alpha value is -3.12. The number of carbonyl (C=O) groups is 1. The number of hydrogen-bond donors (Lipinski definition) is 2. The van der Waals surface area contributed by atoms with E-state index in [1.165, 1.54) is 11.1 Å². The molecule has 6 nitrogen and oxygen atoms in total. The van der Waals surface area contributed by atoms with Crippen molar-refractivity contribution < 1.29 is 9.90 Å². The van der Waals surface area contributed by atoms with Crippen molar-refractivity contribution in [2.75, 3.05) is 19.6 Å². The van der Waals surface area contributed by atoms with E-state index in [2.05, 4.69) is 27.0 Å². The largest absolute Gasteiger partial charge is 0.508 e. The van der Waals surface area contributed by atoms with Gasteiger partial charge in [-0.2, -0.15) is 0 Å². The molecule has 0 unspecified atom stereocenters. The number of H-pyrrole nitrogens is 1. The Kier molecular flexibility index (Phi) is 6.09. The Morgan fingerprint density at radius 2 is 1.94 bits per heavy atom. The number of phenols is 1. The van der Waals surface area contributed by atoms with Gasteiger partial charge in [-0.15, -0.1) is 0 Å². The molecular formula is C25H30N4O2. The summed E-state index contributed by atoms with van der Waals surface area (Å²) in [6, 6.07) is 13.7. The van der Waals surface area contributed by atoms with Gasteiger partial charge in [0.1, 0.15) is 5.75 Å². The maximum absolute atomic E-state index is 12.7. The molecule has 0 radical (unpaired) electrons. The van der Waals surface area contributed by atoms with Crippen LogP contribution in [0, 0.1) is 6.92 Å². The van der Waals surface area contributed by atoms with Gasteiger partial charge in [0.25, 0.3) is 5.91 Å². The standard InChI is InChI=1S/C25H30N4O2/c1-4-28(5-2)25(31)19-8-6-18(7-9-19)24-22-11-10-21(30)14-20(22)12-13-29(24)15-23-17(3)26-16-27-23/h6-11,14,16,24,30H,4-5,12-13,15H2,1-3H3,(H,26,27)/t24-/m0/s1. The molecule has 1 amide bonds. The lowest BCUT2D eigenvalue weighted by atomic mass is 9.87. The first-order valence-corrected chi connectivity index (χ1v) is 11.0. The van der Waals surface area contributed by atoms with E-state index < -0.39 is 0 Å². The third-order valence-electron chi connectivity index (χ3n) is 6.27. The number of imidazole rings is 1. The van der Waals surface area contributed by atoms with E-state index in [9.17, 15) is 9.90 Å². The minimum atomic E-state index is 0.0460. The molecule has 3 aromatic rings. The zero-order chi connectivity index (χ0) is 22.0. The minimum Gasteiger partial charge on any atom is -0.508 e. The van der Waals surface area contributed by atoms with E-state index in [0.29, 0.717) is 24.4 Å². The highest BCUT2D eigenvalue weighted by atomic mass is 16.3. The summed E-state index contributed by atoms with van der Waals surface area (Å²) in [7, 11) is 0. The van der Waals surface area contributed by atoms with Crippen LogP contribution in [-0.4, -0.2) is 50.4 Å². The van der Waals surface area contributed by atoms with Gasteiger partial charge in [0.15, 0.2) is 0 Å². The second-order valence-electron chi connectivity index (χ2n) is 8.07. The maximum atomic E-state index is 12.7. The summed E-state index contributed by atoms with van der Waals surface area (Å²) in [6.45, 7) is 9.06. The van der Waals surface area contributed by atoms with Crippen molar-refractivity contribution in [2.45, 2.75) is 39.8 Å². The lowest BCUT2D eigenvalue weighted by Gasteiger charge is -2.37. The summed E-state index contributed by atoms with van der Waals surface area (Å²) in [5, 5.41) is 9.98. The molecule has 0 saturated heterocycles. The molecule has 1 atom stereocenters. The number of phenolic OH excluding ortho intramolecular Hbond substituents is 1. The quantitative estimate of drug-likeness (QED) is 0.633. The maximum Gasteiger partial charge on any atom is 0.253 e. The smallest absolute Gasteiger partial charge is 0.253 e. The summed E-state index contributed by atoms with van der Waals surface area (Å²) in [6.07, 6.45) is 2.62. The van der Waals surface area contributed by atoms with Crippen molar-refractivity contribution in [2.24, 2.45) is 0 Å². The first-order chi connectivity index (χ1) is 15.0. The lowest BCUT2D eigenvalue weighted by molar-refractivity contribution is 0.0773. The van der Waals surface area contributed by atoms with Gasteiger partial charge >= 0.3 is 0 Å². The molecular weight excluding hydrogens is 388 g/mol. The third-order valence-corrected chi connectivity index (χ3v) is 6.27. The molecule has 6 heteroatoms. The van der Waals surface area contributed by atoms with Crippen LogP contribution >= 0.6 is 0 Å². The zero-order valence-electron chi connectivity index (χ0n) is 18.4. The zero-order valence-corrected chi connectivity index (χ0v) is 18.4. The molecule has 0 spiro atoms. The van der Waals surface area contributed by atoms with Crippen molar-refractivity contribution >= 4 is 5.91 Å². The number of fused-ring (bicyclic) bond motifs is 1. The highest BCUT2D eigenvalue weighted by molar-refractivity contribution is 5.94. The molecule has 0 aliphatic carbocycles. The van der Waals surface area contributed by atoms with Crippen LogP contribution in [0.15, 0.2) is 48.8 Å². The highest BCUT2D eigenvalue weighted by Crippen LogP contribution is 2.37. The van der Waals surface area contributed by atoms with Crippen molar-refractivity contribution in [3.05, 3.63) is 82.4 Å². The summed E-state index contributed by atoms with van der Waals surface area (Å²) >= 11 is 0. The fourth-order valence-electron chi connectivity index (χ4n) is 4.48. The van der Waals surface area contributed by atoms with Gasteiger partial charge in [-0.1, -0.05) is 18.2 Å². The van der Waals surface area contributed by atoms with Gasteiger partial charge in [0.2, 0.25) is 0 Å². The van der Waals surface area contributed by atoms with E-state index in [1.54, 1.807) is 12.4 Å². The van der Waals surface area contributed by atoms with Crippen molar-refractivity contribution in [1.29, 1.82) is 0 Å². The molecule has 4 rings (SSSR count). The Bertz CT molecular complexity index is 1050. The summed E-state index contributed by atoms with van der Waals surface area (Å²) in [5.41, 5.74) is 6.34. The van der Waals surface area contributed by atoms with Crippen LogP contribution in [0.3, 0.4) is 0 Å². The average molecular weight is 419 g/mol. The van der Waals surface area contributed by atoms with Gasteiger partial charge in [-0.25, -0.2) is 4.98 Å². The Labute approximate surface area is 183 Å². The molecule has 2 heterocycles. The van der Waals surface area contributed by atoms with Gasteiger partial charge in [-0.3, -0.25) is 9.69 Å². The van der Waals surface area contributed by atoms with E-state index in [-0.39, 0.29) is 11.9 Å². The fourth-order valence-corrected chi connectivity index (χ4v) is 4.48. The number of aryl methyl sites for hydroxylation is 1. The number of benzene rings is 2. The Morgan fingerprint density at radius 3 is 2.58 bits per heavy atom. The van der Waals surface area contributed by atoms with E-state index in [4.69, 9.17) is 0 Å². The van der Waals surface area contributed by atoms with Gasteiger partial charge in [0, 0.05) is 31.7 Å². The number of nitrogens with one attached hydrogen (secondary N) is 1. The van der Waals surface area contributed by atoms with Crippen LogP contribution in [0.4, 0.5) is 0 Å². The fraction of sp³-hybridized carbons (Fsp3) is 0.360. The number of aromatic amines is 1. The molecule has 1 aliphatic rings. The number of hydrogen-bond acceptors (Lipinski definition) is 4. The van der Waals surface area contributed by atoms with Crippen LogP contribution in [0.25, 0.3) is 0 Å². The van der Waals surface area contributed by atoms with E-state index in [1.807, 2.05) is 49.9 Å². The third kappa shape index (κ3) is 4.21. The number of rotatable bonds is 6. The Morgan fingerprint density at radius 1 is 1.19 bits per heavy atom. The normalized spacial score (nSPS) is 16.2. The molecule has 0 fully saturated rings. The average Bonchev–Trinajstić information content (AvgIpc) is 3.19. The Balaban J connectivity index is 1.69. The minimum absolute atomic E-state index is 0.0460. The number of aromatic nitrogens is 2. The molecule has 162 valence electrons. The topological polar surface area (TPSA) is 72.5 Å². The van der Waals surface area contributed by atoms with Crippen molar-refractivity contribution in [3.63, 3.8) is 0 Å². The van der Waals surface area contributed by atoms with Gasteiger partial charge in [0.05, 0.1) is 23.8 Å². The summed E-state index contributed by atoms with van der Waals surface area (Å²) < 4.78 is 0. The number of carbonyl (C=O) groups excluding carboxylic acids is 1. The molecule has 0 saturated carbocycles. The number of amides is 1. The number of nitrogens with zero attached hydrogens (tertiary/aromatic N) is 3. The molecule has 2 aromatic carbocycles. The molecule has 0 bridgehead atoms. The second kappa shape index (κ2) is 8.94. The molecule has 1 aliphatic heterocycles. The second-order valence-corrected chi connectivity index (χ2v) is 8.07. The molecule has 2 N–H and O–H groups in total. The van der Waals surface area contributed by atoms with Crippen LogP contribution < -0.4 is 0 Å². The lowest BCUT2D eigenvalue weighted by Crippen LogP contribution is -2.36. The van der Waals surface area contributed by atoms with Crippen molar-refractivity contribution in [1.82, 2.24) is 19.8 Å². The molecule has 1 aromatic heterocycles. The van der Waals surface area contributed by atoms with Crippen LogP contribution in [-0.2, 0) is 13.0 Å². The number of aromatic hydroxyl groups is 1. The predicted molar refractivity (Wildman–Crippen MR) is 121 cm³/mol. The van der Waals surface area contributed by atoms with Crippen LogP contribution in [0.5, 0.6) is 5.75 Å². The van der Waals surface area contributed by atoms with Gasteiger partial charge < -0.3 is 15.0 Å². The van der Waals surface area contributed by atoms with E-state index in [0.717, 1.165) is 36.5 Å². The molecule has 31 heavy (non-hydrogen) atoms. The van der Waals surface area contributed by atoms with E-state index >= 15 is 0 Å². The van der Waals surface area contributed by atoms with Crippen molar-refractivity contribution in [3.8, 4) is 5.75 Å². The van der Waals surface area contributed by atoms with Crippen LogP contribution in [0.2, 0.25) is 0 Å². The summed E-state index contributed by atoms with van der Waals surface area (Å²) in [5.74, 6) is 0.367. The predicted octanol–water partition coefficient (Wildman–Crippen LogP) is 4.05. The first kappa shape index (κ1) is 21.1. The van der Waals surface area contributed by atoms with Crippen LogP contribution in [0.1, 0.15) is 58.3 Å². The monoisotopic (exact) mass is 418 g/mol. The summed E-state index contributed by atoms with van der Waals surface area (Å²) in [4.78, 5) is 24.6. The SMILES string of the molecule is CCN(CC)C(=O)c1ccc([C@H]2c3ccc(O)cc3CCN2Cc2[nH]cnc2C)cc1. The first-order valence-electron chi connectivity index (χ1n) is 11.0.